The number of para-hydroxylation sites is 1. The first-order valence-corrected chi connectivity index (χ1v) is 9.53. The van der Waals surface area contributed by atoms with Crippen LogP contribution in [0, 0.1) is 6.92 Å². The van der Waals surface area contributed by atoms with Gasteiger partial charge in [0, 0.05) is 30.1 Å². The number of nitrogens with one attached hydrogen (secondary N) is 1. The lowest BCUT2D eigenvalue weighted by atomic mass is 10.0. The zero-order valence-corrected chi connectivity index (χ0v) is 16.8. The molecule has 1 heterocycles. The molecule has 1 amide bonds. The van der Waals surface area contributed by atoms with Crippen LogP contribution in [0.25, 0.3) is 10.9 Å². The minimum atomic E-state index is -0.941. The molecule has 0 spiro atoms. The van der Waals surface area contributed by atoms with E-state index in [-0.39, 0.29) is 13.0 Å². The van der Waals surface area contributed by atoms with Crippen LogP contribution in [0.15, 0.2) is 54.6 Å². The van der Waals surface area contributed by atoms with E-state index in [1.54, 1.807) is 13.8 Å². The normalized spacial score (nSPS) is 11.8. The van der Waals surface area contributed by atoms with Gasteiger partial charge in [0.15, 0.2) is 0 Å². The maximum atomic E-state index is 13.0. The number of esters is 1. The summed E-state index contributed by atoms with van der Waals surface area (Å²) in [6, 6.07) is 15.8. The number of nitrogens with zero attached hydrogens (tertiary/aromatic N) is 1. The highest BCUT2D eigenvalue weighted by Crippen LogP contribution is 2.25. The fourth-order valence-corrected chi connectivity index (χ4v) is 3.43. The number of benzene rings is 2. The van der Waals surface area contributed by atoms with E-state index >= 15 is 0 Å². The standard InChI is InChI=1S/C23H24N2O4/c1-4-29-23(28)18(14-16-10-6-5-7-11-16)24-22(27)21(26)20-15(2)25(3)19-13-9-8-12-17(19)20/h5-13,18H,4,14H2,1-3H3,(H,24,27)/t18-/m1/s1. The maximum absolute atomic E-state index is 13.0. The smallest absolute Gasteiger partial charge is 0.328 e. The van der Waals surface area contributed by atoms with Crippen molar-refractivity contribution >= 4 is 28.6 Å². The number of ether oxygens (including phenoxy) is 1. The van der Waals surface area contributed by atoms with E-state index in [1.807, 2.05) is 66.2 Å². The first-order chi connectivity index (χ1) is 13.9. The Morgan fingerprint density at radius 1 is 1.03 bits per heavy atom. The van der Waals surface area contributed by atoms with Gasteiger partial charge < -0.3 is 14.6 Å². The predicted octanol–water partition coefficient (Wildman–Crippen LogP) is 2.96. The Hall–Kier alpha value is -3.41. The van der Waals surface area contributed by atoms with Gasteiger partial charge in [-0.3, -0.25) is 9.59 Å². The Morgan fingerprint density at radius 2 is 1.69 bits per heavy atom. The number of aromatic nitrogens is 1. The number of fused-ring (bicyclic) bond motifs is 1. The van der Waals surface area contributed by atoms with Crippen LogP contribution in [-0.2, 0) is 27.8 Å². The summed E-state index contributed by atoms with van der Waals surface area (Å²) in [5, 5.41) is 3.29. The number of hydrogen-bond acceptors (Lipinski definition) is 4. The highest BCUT2D eigenvalue weighted by atomic mass is 16.5. The van der Waals surface area contributed by atoms with Crippen molar-refractivity contribution in [2.45, 2.75) is 26.3 Å². The number of rotatable bonds is 7. The van der Waals surface area contributed by atoms with E-state index in [0.717, 1.165) is 11.1 Å². The molecule has 0 radical (unpaired) electrons. The largest absolute Gasteiger partial charge is 0.464 e. The molecule has 1 N–H and O–H groups in total. The molecule has 150 valence electrons. The molecule has 0 aliphatic carbocycles. The van der Waals surface area contributed by atoms with Crippen LogP contribution in [0.1, 0.15) is 28.5 Å². The Labute approximate surface area is 169 Å². The lowest BCUT2D eigenvalue weighted by Crippen LogP contribution is -2.46. The third-order valence-electron chi connectivity index (χ3n) is 4.99. The van der Waals surface area contributed by atoms with Crippen LogP contribution < -0.4 is 5.32 Å². The minimum absolute atomic E-state index is 0.191. The Morgan fingerprint density at radius 3 is 2.38 bits per heavy atom. The molecule has 0 aliphatic heterocycles. The van der Waals surface area contributed by atoms with Gasteiger partial charge in [-0.05, 0) is 25.5 Å². The minimum Gasteiger partial charge on any atom is -0.464 e. The van der Waals surface area contributed by atoms with Crippen LogP contribution in [0.4, 0.5) is 0 Å². The zero-order chi connectivity index (χ0) is 21.0. The Balaban J connectivity index is 1.87. The molecule has 1 atom stereocenters. The van der Waals surface area contributed by atoms with Crippen LogP contribution in [-0.4, -0.2) is 34.9 Å². The van der Waals surface area contributed by atoms with Crippen molar-refractivity contribution in [3.05, 3.63) is 71.4 Å². The van der Waals surface area contributed by atoms with Crippen molar-refractivity contribution in [2.24, 2.45) is 7.05 Å². The molecule has 0 fully saturated rings. The lowest BCUT2D eigenvalue weighted by molar-refractivity contribution is -0.146. The van der Waals surface area contributed by atoms with E-state index in [1.165, 1.54) is 0 Å². The van der Waals surface area contributed by atoms with E-state index in [4.69, 9.17) is 4.74 Å². The number of amides is 1. The highest BCUT2D eigenvalue weighted by Gasteiger charge is 2.29. The summed E-state index contributed by atoms with van der Waals surface area (Å²) in [7, 11) is 1.85. The summed E-state index contributed by atoms with van der Waals surface area (Å²) in [6.07, 6.45) is 0.243. The third-order valence-corrected chi connectivity index (χ3v) is 4.99. The molecular formula is C23H24N2O4. The number of hydrogen-bond donors (Lipinski definition) is 1. The first kappa shape index (κ1) is 20.3. The first-order valence-electron chi connectivity index (χ1n) is 9.53. The monoisotopic (exact) mass is 392 g/mol. The molecule has 29 heavy (non-hydrogen) atoms. The van der Waals surface area contributed by atoms with E-state index in [2.05, 4.69) is 5.32 Å². The summed E-state index contributed by atoms with van der Waals surface area (Å²) >= 11 is 0. The van der Waals surface area contributed by atoms with Crippen LogP contribution in [0.3, 0.4) is 0 Å². The van der Waals surface area contributed by atoms with Crippen LogP contribution in [0.2, 0.25) is 0 Å². The SMILES string of the molecule is CCOC(=O)[C@@H](Cc1ccccc1)NC(=O)C(=O)c1c(C)n(C)c2ccccc12. The summed E-state index contributed by atoms with van der Waals surface area (Å²) in [4.78, 5) is 38.1. The van der Waals surface area contributed by atoms with Crippen molar-refractivity contribution in [1.29, 1.82) is 0 Å². The van der Waals surface area contributed by atoms with Crippen LogP contribution in [0.5, 0.6) is 0 Å². The van der Waals surface area contributed by atoms with Gasteiger partial charge in [0.05, 0.1) is 12.2 Å². The molecular weight excluding hydrogens is 368 g/mol. The topological polar surface area (TPSA) is 77.4 Å². The number of carbonyl (C=O) groups is 3. The average molecular weight is 392 g/mol. The fourth-order valence-electron chi connectivity index (χ4n) is 3.43. The van der Waals surface area contributed by atoms with E-state index in [9.17, 15) is 14.4 Å². The van der Waals surface area contributed by atoms with Gasteiger partial charge in [0.2, 0.25) is 0 Å². The van der Waals surface area contributed by atoms with Gasteiger partial charge in [-0.25, -0.2) is 4.79 Å². The number of aryl methyl sites for hydroxylation is 1. The van der Waals surface area contributed by atoms with Gasteiger partial charge in [-0.15, -0.1) is 0 Å². The van der Waals surface area contributed by atoms with Crippen molar-refractivity contribution in [2.75, 3.05) is 6.61 Å². The molecule has 1 aromatic heterocycles. The number of carbonyl (C=O) groups excluding carboxylic acids is 3. The van der Waals surface area contributed by atoms with E-state index < -0.39 is 23.7 Å². The van der Waals surface area contributed by atoms with Crippen molar-refractivity contribution in [3.63, 3.8) is 0 Å². The molecule has 6 heteroatoms. The summed E-state index contributed by atoms with van der Waals surface area (Å²) in [5.41, 5.74) is 2.78. The number of Topliss-reactive ketones (excluding diaryl/α,β-unsaturated/α-hetero) is 1. The average Bonchev–Trinajstić information content (AvgIpc) is 2.98. The van der Waals surface area contributed by atoms with Gasteiger partial charge >= 0.3 is 5.97 Å². The van der Waals surface area contributed by atoms with Gasteiger partial charge in [-0.2, -0.15) is 0 Å². The fraction of sp³-hybridized carbons (Fsp3) is 0.261. The van der Waals surface area contributed by atoms with Crippen molar-refractivity contribution < 1.29 is 19.1 Å². The molecule has 0 saturated carbocycles. The lowest BCUT2D eigenvalue weighted by Gasteiger charge is -2.17. The van der Waals surface area contributed by atoms with Crippen molar-refractivity contribution in [3.8, 4) is 0 Å². The van der Waals surface area contributed by atoms with E-state index in [0.29, 0.717) is 16.6 Å². The summed E-state index contributed by atoms with van der Waals surface area (Å²) < 4.78 is 6.97. The van der Waals surface area contributed by atoms with Gasteiger partial charge in [-0.1, -0.05) is 48.5 Å². The number of ketones is 1. The Kier molecular flexibility index (Phi) is 6.12. The molecule has 0 unspecified atom stereocenters. The van der Waals surface area contributed by atoms with Crippen LogP contribution >= 0.6 is 0 Å². The molecule has 2 aromatic carbocycles. The second-order valence-electron chi connectivity index (χ2n) is 6.83. The molecule has 0 saturated heterocycles. The molecule has 3 aromatic rings. The second-order valence-corrected chi connectivity index (χ2v) is 6.83. The molecule has 6 nitrogen and oxygen atoms in total. The highest BCUT2D eigenvalue weighted by molar-refractivity contribution is 6.45. The molecule has 0 bridgehead atoms. The quantitative estimate of drug-likeness (QED) is 0.381. The van der Waals surface area contributed by atoms with Crippen molar-refractivity contribution in [1.82, 2.24) is 9.88 Å². The second kappa shape index (κ2) is 8.73. The predicted molar refractivity (Wildman–Crippen MR) is 111 cm³/mol. The van der Waals surface area contributed by atoms with Gasteiger partial charge in [0.25, 0.3) is 11.7 Å². The summed E-state index contributed by atoms with van der Waals surface area (Å²) in [5.74, 6) is -2.05. The zero-order valence-electron chi connectivity index (χ0n) is 16.8. The Bertz CT molecular complexity index is 1050. The third kappa shape index (κ3) is 4.21. The molecule has 3 rings (SSSR count). The van der Waals surface area contributed by atoms with Gasteiger partial charge in [0.1, 0.15) is 6.04 Å². The maximum Gasteiger partial charge on any atom is 0.328 e. The molecule has 0 aliphatic rings. The summed E-state index contributed by atoms with van der Waals surface area (Å²) in [6.45, 7) is 3.69.